The Kier molecular flexibility index (Phi) is 3.43. The predicted molar refractivity (Wildman–Crippen MR) is 83.1 cm³/mol. The fourth-order valence-corrected chi connectivity index (χ4v) is 2.86. The van der Waals surface area contributed by atoms with E-state index in [4.69, 9.17) is 9.97 Å². The number of hydrogen-bond acceptors (Lipinski definition) is 3. The Hall–Kier alpha value is -1.90. The molecule has 1 aliphatic carbocycles. The number of aryl methyl sites for hydroxylation is 2. The third-order valence-electron chi connectivity index (χ3n) is 4.12. The first-order chi connectivity index (χ1) is 9.70. The largest absolute Gasteiger partial charge is 0.370 e. The number of nitrogens with one attached hydrogen (secondary N) is 1. The van der Waals surface area contributed by atoms with Crippen molar-refractivity contribution in [3.63, 3.8) is 0 Å². The van der Waals surface area contributed by atoms with Gasteiger partial charge in [0.05, 0.1) is 0 Å². The van der Waals surface area contributed by atoms with E-state index in [0.29, 0.717) is 0 Å². The van der Waals surface area contributed by atoms with Gasteiger partial charge in [-0.25, -0.2) is 9.97 Å². The Morgan fingerprint density at radius 2 is 2.00 bits per heavy atom. The number of aromatic nitrogens is 2. The zero-order valence-electron chi connectivity index (χ0n) is 12.5. The smallest absolute Gasteiger partial charge is 0.162 e. The third kappa shape index (κ3) is 2.17. The van der Waals surface area contributed by atoms with Gasteiger partial charge in [0.1, 0.15) is 5.82 Å². The van der Waals surface area contributed by atoms with Crippen molar-refractivity contribution in [2.75, 3.05) is 11.9 Å². The molecule has 2 aromatic rings. The zero-order valence-corrected chi connectivity index (χ0v) is 12.5. The first-order valence-corrected chi connectivity index (χ1v) is 7.41. The highest BCUT2D eigenvalue weighted by atomic mass is 15.0. The van der Waals surface area contributed by atoms with Gasteiger partial charge in [-0.3, -0.25) is 0 Å². The highest BCUT2D eigenvalue weighted by Gasteiger charge is 2.20. The van der Waals surface area contributed by atoms with Crippen molar-refractivity contribution < 1.29 is 0 Å². The molecular formula is C17H21N3. The van der Waals surface area contributed by atoms with Gasteiger partial charge in [-0.05, 0) is 51.2 Å². The molecule has 3 nitrogen and oxygen atoms in total. The second kappa shape index (κ2) is 5.23. The molecule has 1 heterocycles. The topological polar surface area (TPSA) is 37.8 Å². The molecule has 20 heavy (non-hydrogen) atoms. The van der Waals surface area contributed by atoms with Crippen molar-refractivity contribution in [1.82, 2.24) is 9.97 Å². The van der Waals surface area contributed by atoms with Gasteiger partial charge < -0.3 is 5.32 Å². The molecule has 1 aliphatic rings. The summed E-state index contributed by atoms with van der Waals surface area (Å²) in [6, 6.07) is 6.34. The van der Waals surface area contributed by atoms with Gasteiger partial charge in [-0.1, -0.05) is 18.2 Å². The van der Waals surface area contributed by atoms with Crippen molar-refractivity contribution in [1.29, 1.82) is 0 Å². The van der Waals surface area contributed by atoms with Crippen molar-refractivity contribution in [3.05, 3.63) is 40.6 Å². The van der Waals surface area contributed by atoms with E-state index in [0.717, 1.165) is 36.6 Å². The van der Waals surface area contributed by atoms with Crippen LogP contribution in [0.4, 0.5) is 5.82 Å². The fraction of sp³-hybridized carbons (Fsp3) is 0.412. The SMILES string of the molecule is CCNc1nc(-c2cccc(C)c2C)nc2c1CCC2. The van der Waals surface area contributed by atoms with Gasteiger partial charge in [0.25, 0.3) is 0 Å². The summed E-state index contributed by atoms with van der Waals surface area (Å²) < 4.78 is 0. The predicted octanol–water partition coefficient (Wildman–Crippen LogP) is 3.68. The van der Waals surface area contributed by atoms with Crippen LogP contribution in [-0.2, 0) is 12.8 Å². The highest BCUT2D eigenvalue weighted by molar-refractivity contribution is 5.65. The Labute approximate surface area is 120 Å². The van der Waals surface area contributed by atoms with E-state index in [9.17, 15) is 0 Å². The van der Waals surface area contributed by atoms with Crippen molar-refractivity contribution >= 4 is 5.82 Å². The van der Waals surface area contributed by atoms with Crippen molar-refractivity contribution in [3.8, 4) is 11.4 Å². The van der Waals surface area contributed by atoms with Crippen LogP contribution in [0.1, 0.15) is 35.7 Å². The molecule has 0 saturated heterocycles. The second-order valence-electron chi connectivity index (χ2n) is 5.45. The Morgan fingerprint density at radius 1 is 1.15 bits per heavy atom. The average molecular weight is 267 g/mol. The zero-order chi connectivity index (χ0) is 14.1. The molecule has 0 radical (unpaired) electrons. The minimum atomic E-state index is 0.864. The van der Waals surface area contributed by atoms with Crippen LogP contribution >= 0.6 is 0 Å². The molecule has 0 saturated carbocycles. The van der Waals surface area contributed by atoms with E-state index >= 15 is 0 Å². The molecule has 0 fully saturated rings. The number of hydrogen-bond donors (Lipinski definition) is 1. The highest BCUT2D eigenvalue weighted by Crippen LogP contribution is 2.30. The summed E-state index contributed by atoms with van der Waals surface area (Å²) in [5, 5.41) is 3.40. The minimum Gasteiger partial charge on any atom is -0.370 e. The first kappa shape index (κ1) is 13.1. The molecule has 1 aromatic heterocycles. The lowest BCUT2D eigenvalue weighted by molar-refractivity contribution is 0.899. The summed E-state index contributed by atoms with van der Waals surface area (Å²) in [6.45, 7) is 7.29. The van der Waals surface area contributed by atoms with Crippen molar-refractivity contribution in [2.24, 2.45) is 0 Å². The van der Waals surface area contributed by atoms with E-state index < -0.39 is 0 Å². The van der Waals surface area contributed by atoms with Gasteiger partial charge in [0.2, 0.25) is 0 Å². The van der Waals surface area contributed by atoms with Crippen LogP contribution in [0.2, 0.25) is 0 Å². The van der Waals surface area contributed by atoms with E-state index in [2.05, 4.69) is 44.3 Å². The molecule has 1 aromatic carbocycles. The lowest BCUT2D eigenvalue weighted by Gasteiger charge is -2.13. The molecule has 0 unspecified atom stereocenters. The Balaban J connectivity index is 2.15. The fourth-order valence-electron chi connectivity index (χ4n) is 2.86. The van der Waals surface area contributed by atoms with Gasteiger partial charge in [-0.2, -0.15) is 0 Å². The first-order valence-electron chi connectivity index (χ1n) is 7.41. The number of benzene rings is 1. The molecule has 0 spiro atoms. The van der Waals surface area contributed by atoms with Crippen LogP contribution in [0.15, 0.2) is 18.2 Å². The van der Waals surface area contributed by atoms with Crippen molar-refractivity contribution in [2.45, 2.75) is 40.0 Å². The molecule has 104 valence electrons. The summed E-state index contributed by atoms with van der Waals surface area (Å²) in [5.74, 6) is 1.90. The summed E-state index contributed by atoms with van der Waals surface area (Å²) in [4.78, 5) is 9.60. The average Bonchev–Trinajstić information content (AvgIpc) is 2.90. The van der Waals surface area contributed by atoms with Gasteiger partial charge >= 0.3 is 0 Å². The monoisotopic (exact) mass is 267 g/mol. The number of fused-ring (bicyclic) bond motifs is 1. The van der Waals surface area contributed by atoms with Crippen LogP contribution in [0.25, 0.3) is 11.4 Å². The van der Waals surface area contributed by atoms with E-state index in [1.165, 1.54) is 28.8 Å². The number of anilines is 1. The maximum absolute atomic E-state index is 4.82. The van der Waals surface area contributed by atoms with Gasteiger partial charge in [0, 0.05) is 23.4 Å². The molecule has 0 bridgehead atoms. The summed E-state index contributed by atoms with van der Waals surface area (Å²) in [5.41, 5.74) is 6.26. The van der Waals surface area contributed by atoms with Crippen LogP contribution < -0.4 is 5.32 Å². The van der Waals surface area contributed by atoms with Crippen LogP contribution in [0.3, 0.4) is 0 Å². The molecular weight excluding hydrogens is 246 g/mol. The molecule has 0 amide bonds. The molecule has 1 N–H and O–H groups in total. The summed E-state index contributed by atoms with van der Waals surface area (Å²) >= 11 is 0. The lowest BCUT2D eigenvalue weighted by Crippen LogP contribution is -2.07. The molecule has 0 aliphatic heterocycles. The van der Waals surface area contributed by atoms with Gasteiger partial charge in [0.15, 0.2) is 5.82 Å². The van der Waals surface area contributed by atoms with Crippen LogP contribution in [-0.4, -0.2) is 16.5 Å². The number of rotatable bonds is 3. The number of nitrogens with zero attached hydrogens (tertiary/aromatic N) is 2. The van der Waals surface area contributed by atoms with E-state index in [1.54, 1.807) is 0 Å². The lowest BCUT2D eigenvalue weighted by atomic mass is 10.0. The third-order valence-corrected chi connectivity index (χ3v) is 4.12. The maximum Gasteiger partial charge on any atom is 0.162 e. The summed E-state index contributed by atoms with van der Waals surface area (Å²) in [7, 11) is 0. The van der Waals surface area contributed by atoms with Crippen LogP contribution in [0.5, 0.6) is 0 Å². The van der Waals surface area contributed by atoms with E-state index in [-0.39, 0.29) is 0 Å². The minimum absolute atomic E-state index is 0.864. The van der Waals surface area contributed by atoms with Crippen LogP contribution in [0, 0.1) is 13.8 Å². The second-order valence-corrected chi connectivity index (χ2v) is 5.45. The summed E-state index contributed by atoms with van der Waals surface area (Å²) in [6.07, 6.45) is 3.37. The molecule has 3 heteroatoms. The standard InChI is InChI=1S/C17H21N3/c1-4-18-16-14-9-6-10-15(14)19-17(20-16)13-8-5-7-11(2)12(13)3/h5,7-8H,4,6,9-10H2,1-3H3,(H,18,19,20). The Bertz CT molecular complexity index is 647. The quantitative estimate of drug-likeness (QED) is 0.921. The molecule has 0 atom stereocenters. The van der Waals surface area contributed by atoms with E-state index in [1.807, 2.05) is 0 Å². The normalized spacial score (nSPS) is 13.3. The molecule has 3 rings (SSSR count). The van der Waals surface area contributed by atoms with Gasteiger partial charge in [-0.15, -0.1) is 0 Å². The maximum atomic E-state index is 4.82. The Morgan fingerprint density at radius 3 is 2.80 bits per heavy atom.